The van der Waals surface area contributed by atoms with Crippen LogP contribution in [0.15, 0.2) is 53.4 Å². The van der Waals surface area contributed by atoms with Gasteiger partial charge in [0.15, 0.2) is 0 Å². The van der Waals surface area contributed by atoms with Gasteiger partial charge in [-0.25, -0.2) is 13.1 Å². The number of nitrogens with zero attached hydrogens (tertiary/aromatic N) is 1. The van der Waals surface area contributed by atoms with Crippen LogP contribution in [0.25, 0.3) is 0 Å². The van der Waals surface area contributed by atoms with Crippen molar-refractivity contribution in [3.05, 3.63) is 54.1 Å². The molecule has 6 nitrogen and oxygen atoms in total. The first-order valence-corrected chi connectivity index (χ1v) is 10.1. The van der Waals surface area contributed by atoms with Crippen molar-refractivity contribution < 1.29 is 17.9 Å². The Labute approximate surface area is 154 Å². The summed E-state index contributed by atoms with van der Waals surface area (Å²) >= 11 is 0. The minimum atomic E-state index is -3.60. The monoisotopic (exact) mass is 376 g/mol. The van der Waals surface area contributed by atoms with Crippen LogP contribution in [0.1, 0.15) is 18.5 Å². The smallest absolute Gasteiger partial charge is 0.241 e. The van der Waals surface area contributed by atoms with Gasteiger partial charge in [0, 0.05) is 24.8 Å². The third-order valence-corrected chi connectivity index (χ3v) is 6.03. The zero-order valence-corrected chi connectivity index (χ0v) is 15.8. The largest absolute Gasteiger partial charge is 0.497 e. The molecule has 140 valence electrons. The van der Waals surface area contributed by atoms with E-state index in [0.717, 1.165) is 37.6 Å². The fraction of sp³-hybridized carbons (Fsp3) is 0.368. The second-order valence-corrected chi connectivity index (χ2v) is 7.92. The number of methoxy groups -OCH3 is 1. The molecule has 2 aromatic rings. The first kappa shape index (κ1) is 18.7. The molecular formula is C19H24N2O4S. The number of morpholine rings is 1. The highest BCUT2D eigenvalue weighted by Crippen LogP contribution is 2.22. The van der Waals surface area contributed by atoms with Crippen LogP contribution in [0.5, 0.6) is 5.75 Å². The standard InChI is InChI=1S/C19H24N2O4S/c1-15(20-26(22,23)19-9-7-18(24-2)8-10-19)16-3-5-17(6-4-16)21-11-13-25-14-12-21/h3-10,15,20H,11-14H2,1-2H3/t15-/m0/s1. The molecule has 1 fully saturated rings. The molecule has 0 spiro atoms. The summed E-state index contributed by atoms with van der Waals surface area (Å²) < 4.78 is 38.3. The number of benzene rings is 2. The maximum atomic E-state index is 12.6. The van der Waals surface area contributed by atoms with Gasteiger partial charge in [-0.2, -0.15) is 0 Å². The third kappa shape index (κ3) is 4.35. The molecule has 2 aromatic carbocycles. The Morgan fingerprint density at radius 3 is 2.23 bits per heavy atom. The van der Waals surface area contributed by atoms with Crippen LogP contribution in [0, 0.1) is 0 Å². The Kier molecular flexibility index (Phi) is 5.80. The Balaban J connectivity index is 1.69. The van der Waals surface area contributed by atoms with E-state index < -0.39 is 10.0 Å². The van der Waals surface area contributed by atoms with E-state index in [1.807, 2.05) is 31.2 Å². The maximum absolute atomic E-state index is 12.6. The van der Waals surface area contributed by atoms with Crippen LogP contribution in [-0.4, -0.2) is 41.8 Å². The summed E-state index contributed by atoms with van der Waals surface area (Å²) in [6.07, 6.45) is 0. The van der Waals surface area contributed by atoms with Crippen molar-refractivity contribution >= 4 is 15.7 Å². The number of hydrogen-bond acceptors (Lipinski definition) is 5. The second-order valence-electron chi connectivity index (χ2n) is 6.21. The molecule has 1 N–H and O–H groups in total. The predicted molar refractivity (Wildman–Crippen MR) is 101 cm³/mol. The summed E-state index contributed by atoms with van der Waals surface area (Å²) in [6, 6.07) is 14.0. The van der Waals surface area contributed by atoms with Gasteiger partial charge in [-0.1, -0.05) is 12.1 Å². The first-order chi connectivity index (χ1) is 12.5. The van der Waals surface area contributed by atoms with Crippen LogP contribution in [-0.2, 0) is 14.8 Å². The van der Waals surface area contributed by atoms with E-state index in [0.29, 0.717) is 5.75 Å². The lowest BCUT2D eigenvalue weighted by Gasteiger charge is -2.29. The maximum Gasteiger partial charge on any atom is 0.241 e. The lowest BCUT2D eigenvalue weighted by molar-refractivity contribution is 0.122. The summed E-state index contributed by atoms with van der Waals surface area (Å²) in [7, 11) is -2.05. The lowest BCUT2D eigenvalue weighted by atomic mass is 10.1. The molecule has 0 aromatic heterocycles. The number of anilines is 1. The molecule has 0 unspecified atom stereocenters. The normalized spacial score (nSPS) is 16.3. The van der Waals surface area contributed by atoms with Crippen LogP contribution in [0.4, 0.5) is 5.69 Å². The summed E-state index contributed by atoms with van der Waals surface area (Å²) in [5.74, 6) is 0.621. The molecule has 26 heavy (non-hydrogen) atoms. The molecule has 0 amide bonds. The van der Waals surface area contributed by atoms with Crippen LogP contribution >= 0.6 is 0 Å². The minimum Gasteiger partial charge on any atom is -0.497 e. The molecule has 0 radical (unpaired) electrons. The average molecular weight is 376 g/mol. The SMILES string of the molecule is COc1ccc(S(=O)(=O)N[C@@H](C)c2ccc(N3CCOCC3)cc2)cc1. The Morgan fingerprint density at radius 1 is 1.04 bits per heavy atom. The number of nitrogens with one attached hydrogen (secondary N) is 1. The van der Waals surface area contributed by atoms with Crippen molar-refractivity contribution in [2.24, 2.45) is 0 Å². The predicted octanol–water partition coefficient (Wildman–Crippen LogP) is 2.57. The fourth-order valence-corrected chi connectivity index (χ4v) is 4.15. The zero-order chi connectivity index (χ0) is 18.6. The number of sulfonamides is 1. The molecule has 1 aliphatic rings. The van der Waals surface area contributed by atoms with Crippen LogP contribution in [0.2, 0.25) is 0 Å². The van der Waals surface area contributed by atoms with E-state index in [2.05, 4.69) is 9.62 Å². The van der Waals surface area contributed by atoms with Gasteiger partial charge >= 0.3 is 0 Å². The average Bonchev–Trinajstić information content (AvgIpc) is 2.68. The van der Waals surface area contributed by atoms with Crippen LogP contribution in [0.3, 0.4) is 0 Å². The van der Waals surface area contributed by atoms with Crippen molar-refractivity contribution in [3.63, 3.8) is 0 Å². The Morgan fingerprint density at radius 2 is 1.65 bits per heavy atom. The molecule has 1 heterocycles. The summed E-state index contributed by atoms with van der Waals surface area (Å²) in [6.45, 7) is 5.06. The summed E-state index contributed by atoms with van der Waals surface area (Å²) in [5.41, 5.74) is 2.04. The molecule has 1 aliphatic heterocycles. The number of hydrogen-bond donors (Lipinski definition) is 1. The number of rotatable bonds is 6. The number of ether oxygens (including phenoxy) is 2. The molecule has 1 saturated heterocycles. The highest BCUT2D eigenvalue weighted by Gasteiger charge is 2.19. The van der Waals surface area contributed by atoms with E-state index in [4.69, 9.17) is 9.47 Å². The minimum absolute atomic E-state index is 0.218. The van der Waals surface area contributed by atoms with Gasteiger partial charge in [0.2, 0.25) is 10.0 Å². The lowest BCUT2D eigenvalue weighted by Crippen LogP contribution is -2.36. The van der Waals surface area contributed by atoms with Gasteiger partial charge < -0.3 is 14.4 Å². The van der Waals surface area contributed by atoms with Crippen molar-refractivity contribution in [2.45, 2.75) is 17.9 Å². The molecule has 0 saturated carbocycles. The molecule has 0 bridgehead atoms. The van der Waals surface area contributed by atoms with Gasteiger partial charge in [0.05, 0.1) is 25.2 Å². The van der Waals surface area contributed by atoms with E-state index >= 15 is 0 Å². The van der Waals surface area contributed by atoms with E-state index in [1.165, 1.54) is 12.1 Å². The molecule has 1 atom stereocenters. The van der Waals surface area contributed by atoms with Crippen molar-refractivity contribution in [3.8, 4) is 5.75 Å². The van der Waals surface area contributed by atoms with Crippen LogP contribution < -0.4 is 14.4 Å². The highest BCUT2D eigenvalue weighted by atomic mass is 32.2. The van der Waals surface area contributed by atoms with Crippen molar-refractivity contribution in [1.82, 2.24) is 4.72 Å². The van der Waals surface area contributed by atoms with E-state index in [1.54, 1.807) is 19.2 Å². The topological polar surface area (TPSA) is 67.9 Å². The molecule has 3 rings (SSSR count). The zero-order valence-electron chi connectivity index (χ0n) is 15.0. The highest BCUT2D eigenvalue weighted by molar-refractivity contribution is 7.89. The molecular weight excluding hydrogens is 352 g/mol. The van der Waals surface area contributed by atoms with Gasteiger partial charge in [0.25, 0.3) is 0 Å². The Bertz CT molecular complexity index is 814. The van der Waals surface area contributed by atoms with Crippen molar-refractivity contribution in [2.75, 3.05) is 38.3 Å². The summed E-state index contributed by atoms with van der Waals surface area (Å²) in [5, 5.41) is 0. The van der Waals surface area contributed by atoms with Crippen molar-refractivity contribution in [1.29, 1.82) is 0 Å². The van der Waals surface area contributed by atoms with Gasteiger partial charge in [-0.05, 0) is 48.9 Å². The third-order valence-electron chi connectivity index (χ3n) is 4.47. The summed E-state index contributed by atoms with van der Waals surface area (Å²) in [4.78, 5) is 2.48. The Hall–Kier alpha value is -2.09. The van der Waals surface area contributed by atoms with Gasteiger partial charge in [0.1, 0.15) is 5.75 Å². The molecule has 0 aliphatic carbocycles. The second kappa shape index (κ2) is 8.07. The van der Waals surface area contributed by atoms with Gasteiger partial charge in [-0.15, -0.1) is 0 Å². The molecule has 7 heteroatoms. The van der Waals surface area contributed by atoms with E-state index in [-0.39, 0.29) is 10.9 Å². The first-order valence-electron chi connectivity index (χ1n) is 8.58. The van der Waals surface area contributed by atoms with Gasteiger partial charge in [-0.3, -0.25) is 0 Å². The fourth-order valence-electron chi connectivity index (χ4n) is 2.92. The van der Waals surface area contributed by atoms with E-state index in [9.17, 15) is 8.42 Å². The quantitative estimate of drug-likeness (QED) is 0.839.